The molecule has 0 radical (unpaired) electrons. The van der Waals surface area contributed by atoms with Crippen LogP contribution in [0.4, 0.5) is 4.79 Å². The summed E-state index contributed by atoms with van der Waals surface area (Å²) in [5.41, 5.74) is 0. The zero-order valence-corrected chi connectivity index (χ0v) is 11.1. The van der Waals surface area contributed by atoms with Crippen LogP contribution in [0.15, 0.2) is 12.7 Å². The average Bonchev–Trinajstić information content (AvgIpc) is 3.05. The summed E-state index contributed by atoms with van der Waals surface area (Å²) >= 11 is 0. The maximum absolute atomic E-state index is 12.2. The molecule has 1 N–H and O–H groups in total. The van der Waals surface area contributed by atoms with Crippen molar-refractivity contribution in [2.45, 2.75) is 50.7 Å². The van der Waals surface area contributed by atoms with Crippen LogP contribution in [0.3, 0.4) is 0 Å². The van der Waals surface area contributed by atoms with E-state index in [4.69, 9.17) is 4.74 Å². The summed E-state index contributed by atoms with van der Waals surface area (Å²) in [6, 6.07) is 0.441. The molecule has 0 aromatic carbocycles. The van der Waals surface area contributed by atoms with Gasteiger partial charge in [-0.15, -0.1) is 6.58 Å². The Balaban J connectivity index is 1.91. The molecule has 1 saturated heterocycles. The first-order valence-corrected chi connectivity index (χ1v) is 7.08. The van der Waals surface area contributed by atoms with E-state index >= 15 is 0 Å². The number of hydrogen-bond donors (Lipinski definition) is 1. The Morgan fingerprint density at radius 1 is 1.33 bits per heavy atom. The van der Waals surface area contributed by atoms with Crippen LogP contribution in [0.25, 0.3) is 0 Å². The van der Waals surface area contributed by atoms with Crippen molar-refractivity contribution in [3.63, 3.8) is 0 Å². The Labute approximate surface area is 109 Å². The Morgan fingerprint density at radius 2 is 2.11 bits per heavy atom. The molecule has 18 heavy (non-hydrogen) atoms. The molecule has 1 aliphatic carbocycles. The molecule has 4 nitrogen and oxygen atoms in total. The summed E-state index contributed by atoms with van der Waals surface area (Å²) in [7, 11) is 0. The molecule has 1 aliphatic heterocycles. The Morgan fingerprint density at radius 3 is 2.72 bits per heavy atom. The normalized spacial score (nSPS) is 24.1. The number of urea groups is 1. The van der Waals surface area contributed by atoms with Gasteiger partial charge in [-0.25, -0.2) is 4.79 Å². The zero-order chi connectivity index (χ0) is 12.8. The number of rotatable bonds is 5. The molecule has 102 valence electrons. The molecule has 0 aromatic rings. The average molecular weight is 252 g/mol. The smallest absolute Gasteiger partial charge is 0.317 e. The lowest BCUT2D eigenvalue weighted by atomic mass is 10.1. The number of carbonyl (C=O) groups is 1. The van der Waals surface area contributed by atoms with Gasteiger partial charge in [-0.3, -0.25) is 0 Å². The monoisotopic (exact) mass is 252 g/mol. The molecule has 0 unspecified atom stereocenters. The van der Waals surface area contributed by atoms with E-state index in [0.717, 1.165) is 38.8 Å². The highest BCUT2D eigenvalue weighted by atomic mass is 16.5. The third-order valence-corrected chi connectivity index (χ3v) is 3.85. The van der Waals surface area contributed by atoms with Crippen LogP contribution in [0.2, 0.25) is 0 Å². The summed E-state index contributed by atoms with van der Waals surface area (Å²) in [5, 5.41) is 2.90. The van der Waals surface area contributed by atoms with Crippen molar-refractivity contribution in [3.05, 3.63) is 12.7 Å². The summed E-state index contributed by atoms with van der Waals surface area (Å²) in [5.74, 6) is 0. The van der Waals surface area contributed by atoms with Crippen LogP contribution in [-0.2, 0) is 4.74 Å². The molecular weight excluding hydrogens is 228 g/mol. The molecule has 1 saturated carbocycles. The highest BCUT2D eigenvalue weighted by Gasteiger charge is 2.29. The predicted octanol–water partition coefficient (Wildman–Crippen LogP) is 2.31. The summed E-state index contributed by atoms with van der Waals surface area (Å²) < 4.78 is 5.66. The molecule has 2 aliphatic rings. The van der Waals surface area contributed by atoms with E-state index in [9.17, 15) is 4.79 Å². The fourth-order valence-corrected chi connectivity index (χ4v) is 2.88. The van der Waals surface area contributed by atoms with Gasteiger partial charge in [-0.2, -0.15) is 0 Å². The van der Waals surface area contributed by atoms with Gasteiger partial charge in [0.25, 0.3) is 0 Å². The number of hydrogen-bond acceptors (Lipinski definition) is 2. The molecule has 0 bridgehead atoms. The van der Waals surface area contributed by atoms with Crippen LogP contribution in [0.1, 0.15) is 38.5 Å². The highest BCUT2D eigenvalue weighted by molar-refractivity contribution is 5.74. The van der Waals surface area contributed by atoms with E-state index in [0.29, 0.717) is 12.6 Å². The second-order valence-electron chi connectivity index (χ2n) is 5.20. The lowest BCUT2D eigenvalue weighted by Crippen LogP contribution is -2.48. The number of nitrogens with zero attached hydrogens (tertiary/aromatic N) is 1. The van der Waals surface area contributed by atoms with Crippen molar-refractivity contribution in [3.8, 4) is 0 Å². The first-order valence-electron chi connectivity index (χ1n) is 7.08. The number of ether oxygens (including phenoxy) is 1. The van der Waals surface area contributed by atoms with Crippen molar-refractivity contribution in [2.24, 2.45) is 0 Å². The van der Waals surface area contributed by atoms with E-state index in [-0.39, 0.29) is 12.1 Å². The van der Waals surface area contributed by atoms with Gasteiger partial charge in [0.15, 0.2) is 0 Å². The molecule has 2 fully saturated rings. The maximum atomic E-state index is 12.2. The van der Waals surface area contributed by atoms with E-state index in [2.05, 4.69) is 11.9 Å². The molecule has 1 heterocycles. The van der Waals surface area contributed by atoms with E-state index in [1.165, 1.54) is 12.8 Å². The molecular formula is C14H24N2O2. The zero-order valence-electron chi connectivity index (χ0n) is 11.1. The van der Waals surface area contributed by atoms with Gasteiger partial charge < -0.3 is 15.0 Å². The third kappa shape index (κ3) is 3.48. The molecule has 2 amide bonds. The van der Waals surface area contributed by atoms with Crippen LogP contribution in [-0.4, -0.2) is 42.8 Å². The third-order valence-electron chi connectivity index (χ3n) is 3.85. The minimum atomic E-state index is 0.0392. The van der Waals surface area contributed by atoms with Gasteiger partial charge >= 0.3 is 6.03 Å². The number of amides is 2. The predicted molar refractivity (Wildman–Crippen MR) is 71.5 cm³/mol. The van der Waals surface area contributed by atoms with Crippen molar-refractivity contribution in [2.75, 3.05) is 19.7 Å². The molecule has 1 atom stereocenters. The van der Waals surface area contributed by atoms with Gasteiger partial charge in [-0.1, -0.05) is 18.9 Å². The summed E-state index contributed by atoms with van der Waals surface area (Å²) in [6.07, 6.45) is 8.90. The lowest BCUT2D eigenvalue weighted by molar-refractivity contribution is 0.0702. The first-order chi connectivity index (χ1) is 8.81. The fourth-order valence-electron chi connectivity index (χ4n) is 2.88. The molecule has 4 heteroatoms. The minimum Gasteiger partial charge on any atom is -0.376 e. The van der Waals surface area contributed by atoms with Crippen LogP contribution in [0, 0.1) is 0 Å². The second-order valence-corrected chi connectivity index (χ2v) is 5.20. The van der Waals surface area contributed by atoms with E-state index in [1.54, 1.807) is 6.08 Å². The number of nitrogens with one attached hydrogen (secondary N) is 1. The van der Waals surface area contributed by atoms with Crippen molar-refractivity contribution >= 4 is 6.03 Å². The maximum Gasteiger partial charge on any atom is 0.317 e. The SMILES string of the molecule is C=CCNC(=O)N(C[C@H]1CCCO1)C1CCCC1. The molecule has 2 rings (SSSR count). The summed E-state index contributed by atoms with van der Waals surface area (Å²) in [6.45, 7) is 5.76. The quantitative estimate of drug-likeness (QED) is 0.763. The van der Waals surface area contributed by atoms with Crippen molar-refractivity contribution in [1.82, 2.24) is 10.2 Å². The minimum absolute atomic E-state index is 0.0392. The number of carbonyl (C=O) groups excluding carboxylic acids is 1. The first kappa shape index (κ1) is 13.4. The largest absolute Gasteiger partial charge is 0.376 e. The lowest BCUT2D eigenvalue weighted by Gasteiger charge is -2.31. The standard InChI is InChI=1S/C14H24N2O2/c1-2-9-15-14(17)16(12-6-3-4-7-12)11-13-8-5-10-18-13/h2,12-13H,1,3-11H2,(H,15,17)/t13-/m1/s1. The fraction of sp³-hybridized carbons (Fsp3) is 0.786. The van der Waals surface area contributed by atoms with Gasteiger partial charge in [0, 0.05) is 25.7 Å². The van der Waals surface area contributed by atoms with Crippen LogP contribution >= 0.6 is 0 Å². The Hall–Kier alpha value is -1.03. The molecule has 0 aromatic heterocycles. The van der Waals surface area contributed by atoms with Crippen LogP contribution in [0.5, 0.6) is 0 Å². The molecule has 0 spiro atoms. The van der Waals surface area contributed by atoms with Crippen molar-refractivity contribution < 1.29 is 9.53 Å². The Kier molecular flexibility index (Phi) is 5.05. The topological polar surface area (TPSA) is 41.6 Å². The second kappa shape index (κ2) is 6.78. The van der Waals surface area contributed by atoms with E-state index in [1.807, 2.05) is 4.90 Å². The van der Waals surface area contributed by atoms with Gasteiger partial charge in [0.1, 0.15) is 0 Å². The van der Waals surface area contributed by atoms with Crippen LogP contribution < -0.4 is 5.32 Å². The summed E-state index contributed by atoms with van der Waals surface area (Å²) in [4.78, 5) is 14.2. The highest BCUT2D eigenvalue weighted by Crippen LogP contribution is 2.25. The van der Waals surface area contributed by atoms with Gasteiger partial charge in [0.05, 0.1) is 6.10 Å². The van der Waals surface area contributed by atoms with Gasteiger partial charge in [0.2, 0.25) is 0 Å². The van der Waals surface area contributed by atoms with E-state index < -0.39 is 0 Å². The van der Waals surface area contributed by atoms with Gasteiger partial charge in [-0.05, 0) is 25.7 Å². The van der Waals surface area contributed by atoms with Crippen molar-refractivity contribution in [1.29, 1.82) is 0 Å². The Bertz CT molecular complexity index is 282.